The molecule has 1 aliphatic rings. The number of nitrogens with zero attached hydrogens (tertiary/aromatic N) is 1. The summed E-state index contributed by atoms with van der Waals surface area (Å²) in [5.74, 6) is 0.952. The predicted molar refractivity (Wildman–Crippen MR) is 160 cm³/mol. The molecule has 1 heterocycles. The smallest absolute Gasteiger partial charge is 0.407 e. The Kier molecular flexibility index (Phi) is 9.62. The van der Waals surface area contributed by atoms with E-state index >= 15 is 0 Å². The average molecular weight is 553 g/mol. The maximum absolute atomic E-state index is 12.2. The predicted octanol–water partition coefficient (Wildman–Crippen LogP) is 6.13. The molecule has 212 valence electrons. The number of carbonyl (C=O) groups excluding carboxylic acids is 1. The van der Waals surface area contributed by atoms with E-state index in [0.29, 0.717) is 51.4 Å². The highest BCUT2D eigenvalue weighted by Gasteiger charge is 2.33. The zero-order valence-corrected chi connectivity index (χ0v) is 23.1. The van der Waals surface area contributed by atoms with E-state index in [9.17, 15) is 14.7 Å². The fourth-order valence-corrected chi connectivity index (χ4v) is 5.30. The lowest BCUT2D eigenvalue weighted by Gasteiger charge is -2.37. The first-order valence-corrected chi connectivity index (χ1v) is 14.2. The summed E-state index contributed by atoms with van der Waals surface area (Å²) in [5, 5.41) is 15.1. The largest absolute Gasteiger partial charge is 0.494 e. The molecule has 1 fully saturated rings. The molecule has 1 aliphatic heterocycles. The number of carbonyl (C=O) groups is 2. The average Bonchev–Trinajstić information content (AvgIpc) is 3.02. The van der Waals surface area contributed by atoms with Gasteiger partial charge >= 0.3 is 6.09 Å². The maximum Gasteiger partial charge on any atom is 0.407 e. The fraction of sp³-hybridized carbons (Fsp3) is 0.294. The van der Waals surface area contributed by atoms with Gasteiger partial charge in [-0.1, -0.05) is 78.9 Å². The van der Waals surface area contributed by atoms with E-state index in [-0.39, 0.29) is 17.8 Å². The number of nitrogens with one attached hydrogen (secondary N) is 1. The van der Waals surface area contributed by atoms with Crippen LogP contribution in [0.5, 0.6) is 5.75 Å². The zero-order valence-electron chi connectivity index (χ0n) is 23.1. The number of ether oxygens (including phenoxy) is 2. The van der Waals surface area contributed by atoms with Crippen LogP contribution in [0.15, 0.2) is 97.1 Å². The van der Waals surface area contributed by atoms with Crippen LogP contribution in [0, 0.1) is 0 Å². The number of ketones is 1. The molecule has 0 saturated carbocycles. The second-order valence-electron chi connectivity index (χ2n) is 10.4. The molecule has 7 nitrogen and oxygen atoms in total. The second-order valence-corrected chi connectivity index (χ2v) is 10.4. The van der Waals surface area contributed by atoms with E-state index in [4.69, 9.17) is 9.47 Å². The summed E-state index contributed by atoms with van der Waals surface area (Å²) in [6.07, 6.45) is 0.318. The first-order chi connectivity index (χ1) is 20.1. The minimum absolute atomic E-state index is 0.0795. The number of Topliss-reactive ketones (excluding diaryl/α,β-unsaturated/α-hetero) is 1. The monoisotopic (exact) mass is 552 g/mol. The number of fused-ring (bicyclic) bond motifs is 1. The highest BCUT2D eigenvalue weighted by atomic mass is 16.5. The quantitative estimate of drug-likeness (QED) is 0.162. The van der Waals surface area contributed by atoms with Crippen LogP contribution < -0.4 is 10.1 Å². The van der Waals surface area contributed by atoms with Crippen LogP contribution in [0.2, 0.25) is 0 Å². The Hall–Kier alpha value is -4.20. The Labute approximate surface area is 240 Å². The molecule has 4 aromatic rings. The van der Waals surface area contributed by atoms with Crippen LogP contribution in [0.3, 0.4) is 0 Å². The molecule has 2 unspecified atom stereocenters. The van der Waals surface area contributed by atoms with Crippen LogP contribution >= 0.6 is 0 Å². The molecule has 0 bridgehead atoms. The Balaban J connectivity index is 1.12. The van der Waals surface area contributed by atoms with Gasteiger partial charge in [0.1, 0.15) is 5.75 Å². The molecule has 4 aromatic carbocycles. The summed E-state index contributed by atoms with van der Waals surface area (Å²) in [5.41, 5.74) is 2.90. The van der Waals surface area contributed by atoms with E-state index < -0.39 is 6.09 Å². The molecular formula is C34H36N2O5. The second kappa shape index (κ2) is 13.9. The number of amides is 1. The molecule has 2 atom stereocenters. The minimum Gasteiger partial charge on any atom is -0.494 e. The topological polar surface area (TPSA) is 88.1 Å². The SMILES string of the molecule is O=C(CNCCCOc1ccc(C2CCN(C(=O)O)CC2OCc2ccc3ccccc3c2)cc1)c1ccccc1. The van der Waals surface area contributed by atoms with Gasteiger partial charge in [0.15, 0.2) is 5.78 Å². The summed E-state index contributed by atoms with van der Waals surface area (Å²) in [6, 6.07) is 31.8. The highest BCUT2D eigenvalue weighted by molar-refractivity contribution is 5.97. The molecule has 2 N–H and O–H groups in total. The molecule has 5 rings (SSSR count). The third-order valence-electron chi connectivity index (χ3n) is 7.56. The van der Waals surface area contributed by atoms with Crippen LogP contribution in [0.25, 0.3) is 10.8 Å². The molecule has 0 spiro atoms. The van der Waals surface area contributed by atoms with Crippen molar-refractivity contribution in [2.24, 2.45) is 0 Å². The number of piperidine rings is 1. The van der Waals surface area contributed by atoms with Gasteiger partial charge in [-0.25, -0.2) is 4.79 Å². The van der Waals surface area contributed by atoms with E-state index in [0.717, 1.165) is 28.7 Å². The Morgan fingerprint density at radius 2 is 1.66 bits per heavy atom. The fourth-order valence-electron chi connectivity index (χ4n) is 5.30. The molecular weight excluding hydrogens is 516 g/mol. The van der Waals surface area contributed by atoms with Crippen molar-refractivity contribution in [3.8, 4) is 5.75 Å². The normalized spacial score (nSPS) is 16.9. The van der Waals surface area contributed by atoms with Gasteiger partial charge in [-0.05, 0) is 59.5 Å². The van der Waals surface area contributed by atoms with Crippen molar-refractivity contribution in [3.63, 3.8) is 0 Å². The van der Waals surface area contributed by atoms with E-state index in [1.165, 1.54) is 10.3 Å². The van der Waals surface area contributed by atoms with Gasteiger partial charge in [0.2, 0.25) is 0 Å². The molecule has 41 heavy (non-hydrogen) atoms. The summed E-state index contributed by atoms with van der Waals surface area (Å²) in [6.45, 7) is 2.78. The van der Waals surface area contributed by atoms with Crippen molar-refractivity contribution < 1.29 is 24.2 Å². The van der Waals surface area contributed by atoms with Crippen molar-refractivity contribution in [2.75, 3.05) is 32.8 Å². The summed E-state index contributed by atoms with van der Waals surface area (Å²) < 4.78 is 12.3. The van der Waals surface area contributed by atoms with Crippen molar-refractivity contribution in [3.05, 3.63) is 114 Å². The lowest BCUT2D eigenvalue weighted by Crippen LogP contribution is -2.46. The van der Waals surface area contributed by atoms with Crippen molar-refractivity contribution >= 4 is 22.6 Å². The van der Waals surface area contributed by atoms with Gasteiger partial charge in [-0.3, -0.25) is 4.79 Å². The molecule has 0 aliphatic carbocycles. The lowest BCUT2D eigenvalue weighted by molar-refractivity contribution is -0.0199. The summed E-state index contributed by atoms with van der Waals surface area (Å²) in [7, 11) is 0. The molecule has 0 radical (unpaired) electrons. The number of benzene rings is 4. The first-order valence-electron chi connectivity index (χ1n) is 14.2. The number of carboxylic acid groups (broad SMARTS) is 1. The molecule has 7 heteroatoms. The third kappa shape index (κ3) is 7.72. The number of hydrogen-bond donors (Lipinski definition) is 2. The Morgan fingerprint density at radius 3 is 2.44 bits per heavy atom. The van der Waals surface area contributed by atoms with Gasteiger partial charge in [-0.2, -0.15) is 0 Å². The van der Waals surface area contributed by atoms with E-state index in [1.54, 1.807) is 0 Å². The van der Waals surface area contributed by atoms with Gasteiger partial charge < -0.3 is 24.8 Å². The zero-order chi connectivity index (χ0) is 28.4. The minimum atomic E-state index is -0.912. The standard InChI is InChI=1S/C34H36N2O5/c37-32(28-8-2-1-3-9-28)22-35-18-6-20-40-30-15-13-27(14-16-30)31-17-19-36(34(38)39)23-33(31)41-24-25-11-12-26-7-4-5-10-29(26)21-25/h1-5,7-16,21,31,33,35H,6,17-20,22-24H2,(H,38,39). The first kappa shape index (κ1) is 28.3. The van der Waals surface area contributed by atoms with Gasteiger partial charge in [0, 0.05) is 18.0 Å². The van der Waals surface area contributed by atoms with Crippen LogP contribution in [-0.2, 0) is 11.3 Å². The molecule has 1 amide bonds. The number of likely N-dealkylation sites (tertiary alicyclic amines) is 1. The lowest BCUT2D eigenvalue weighted by atomic mass is 9.87. The van der Waals surface area contributed by atoms with Crippen LogP contribution in [-0.4, -0.2) is 60.8 Å². The van der Waals surface area contributed by atoms with Crippen LogP contribution in [0.4, 0.5) is 4.79 Å². The Bertz CT molecular complexity index is 1440. The highest BCUT2D eigenvalue weighted by Crippen LogP contribution is 2.32. The molecule has 0 aromatic heterocycles. The summed E-state index contributed by atoms with van der Waals surface area (Å²) >= 11 is 0. The van der Waals surface area contributed by atoms with Gasteiger partial charge in [0.05, 0.1) is 32.4 Å². The third-order valence-corrected chi connectivity index (χ3v) is 7.56. The summed E-state index contributed by atoms with van der Waals surface area (Å²) in [4.78, 5) is 25.3. The van der Waals surface area contributed by atoms with E-state index in [1.807, 2.05) is 54.6 Å². The number of hydrogen-bond acceptors (Lipinski definition) is 5. The van der Waals surface area contributed by atoms with Gasteiger partial charge in [0.25, 0.3) is 0 Å². The van der Waals surface area contributed by atoms with Crippen molar-refractivity contribution in [2.45, 2.75) is 31.5 Å². The van der Waals surface area contributed by atoms with Crippen molar-refractivity contribution in [1.29, 1.82) is 0 Å². The van der Waals surface area contributed by atoms with Crippen molar-refractivity contribution in [1.82, 2.24) is 10.2 Å². The Morgan fingerprint density at radius 1 is 0.902 bits per heavy atom. The van der Waals surface area contributed by atoms with Crippen LogP contribution in [0.1, 0.15) is 40.2 Å². The molecule has 1 saturated heterocycles. The maximum atomic E-state index is 12.2. The van der Waals surface area contributed by atoms with Gasteiger partial charge in [-0.15, -0.1) is 0 Å². The van der Waals surface area contributed by atoms with E-state index in [2.05, 4.69) is 47.8 Å². The number of rotatable bonds is 12.